The molecular weight excluding hydrogens is 288 g/mol. The van der Waals surface area contributed by atoms with Crippen molar-refractivity contribution in [2.24, 2.45) is 0 Å². The minimum Gasteiger partial charge on any atom is -0.491 e. The number of aliphatic hydroxyl groups excluding tert-OH is 1. The molecule has 1 aromatic heterocycles. The third-order valence-electron chi connectivity index (χ3n) is 3.04. The smallest absolute Gasteiger partial charge is 0.342 e. The van der Waals surface area contributed by atoms with Crippen molar-refractivity contribution in [3.63, 3.8) is 0 Å². The maximum Gasteiger partial charge on any atom is 0.342 e. The van der Waals surface area contributed by atoms with Gasteiger partial charge in [-0.15, -0.1) is 0 Å². The molecule has 1 atom stereocenters. The topological polar surface area (TPSA) is 114 Å². The highest BCUT2D eigenvalue weighted by Gasteiger charge is 2.20. The Morgan fingerprint density at radius 1 is 1.50 bits per heavy atom. The van der Waals surface area contributed by atoms with Crippen LogP contribution in [0, 0.1) is 28.4 Å². The van der Waals surface area contributed by atoms with E-state index in [1.807, 2.05) is 6.07 Å². The van der Waals surface area contributed by atoms with Crippen molar-refractivity contribution in [2.45, 2.75) is 19.6 Å². The lowest BCUT2D eigenvalue weighted by atomic mass is 10.2. The van der Waals surface area contributed by atoms with Gasteiger partial charge in [0.05, 0.1) is 11.6 Å². The van der Waals surface area contributed by atoms with Gasteiger partial charge in [0.2, 0.25) is 0 Å². The number of nitro groups is 1. The first kappa shape index (κ1) is 15.5. The molecule has 0 spiro atoms. The summed E-state index contributed by atoms with van der Waals surface area (Å²) in [5.41, 5.74) is 0.512. The lowest BCUT2D eigenvalue weighted by Crippen LogP contribution is -2.24. The van der Waals surface area contributed by atoms with Gasteiger partial charge in [0.25, 0.3) is 0 Å². The summed E-state index contributed by atoms with van der Waals surface area (Å²) >= 11 is 0. The largest absolute Gasteiger partial charge is 0.491 e. The van der Waals surface area contributed by atoms with E-state index in [2.05, 4.69) is 4.98 Å². The first-order chi connectivity index (χ1) is 10.5. The maximum absolute atomic E-state index is 10.9. The summed E-state index contributed by atoms with van der Waals surface area (Å²) in [5.74, 6) is 0.786. The van der Waals surface area contributed by atoms with Gasteiger partial charge in [-0.25, -0.2) is 9.55 Å². The lowest BCUT2D eigenvalue weighted by molar-refractivity contribution is -0.392. The first-order valence-corrected chi connectivity index (χ1v) is 6.49. The average Bonchev–Trinajstić information content (AvgIpc) is 2.87. The predicted molar refractivity (Wildman–Crippen MR) is 76.3 cm³/mol. The highest BCUT2D eigenvalue weighted by molar-refractivity contribution is 5.34. The number of aliphatic hydroxyl groups is 1. The van der Waals surface area contributed by atoms with E-state index in [1.165, 1.54) is 4.57 Å². The number of hydrogen-bond donors (Lipinski definition) is 1. The van der Waals surface area contributed by atoms with E-state index in [-0.39, 0.29) is 19.0 Å². The minimum absolute atomic E-state index is 0.0123. The molecule has 0 aliphatic heterocycles. The number of aryl methyl sites for hydroxylation is 1. The van der Waals surface area contributed by atoms with Crippen LogP contribution in [0.15, 0.2) is 30.5 Å². The van der Waals surface area contributed by atoms with Crippen LogP contribution in [-0.4, -0.2) is 32.3 Å². The molecule has 1 aromatic carbocycles. The van der Waals surface area contributed by atoms with E-state index in [9.17, 15) is 15.2 Å². The van der Waals surface area contributed by atoms with Gasteiger partial charge in [0.15, 0.2) is 5.82 Å². The molecule has 0 fully saturated rings. The van der Waals surface area contributed by atoms with Crippen LogP contribution in [0.3, 0.4) is 0 Å². The Morgan fingerprint density at radius 2 is 2.18 bits per heavy atom. The Hall–Kier alpha value is -2.92. The van der Waals surface area contributed by atoms with Gasteiger partial charge in [0.1, 0.15) is 31.2 Å². The molecule has 1 heterocycles. The Bertz CT molecular complexity index is 703. The van der Waals surface area contributed by atoms with E-state index in [1.54, 1.807) is 31.2 Å². The van der Waals surface area contributed by atoms with Gasteiger partial charge >= 0.3 is 5.82 Å². The molecule has 1 N–H and O–H groups in total. The third-order valence-corrected chi connectivity index (χ3v) is 3.04. The second kappa shape index (κ2) is 6.69. The second-order valence-corrected chi connectivity index (χ2v) is 4.63. The van der Waals surface area contributed by atoms with Crippen molar-refractivity contribution >= 4 is 5.82 Å². The molecule has 0 bridgehead atoms. The van der Waals surface area contributed by atoms with Gasteiger partial charge in [-0.2, -0.15) is 5.26 Å². The van der Waals surface area contributed by atoms with Gasteiger partial charge in [-0.05, 0) is 29.2 Å². The standard InChI is InChI=1S/C14H14N4O4/c1-10-16-7-14(18(20)21)17(10)8-12(19)9-22-13-4-2-11(6-15)3-5-13/h2-5,7,12,19H,8-9H2,1H3/t12-/m1/s1. The van der Waals surface area contributed by atoms with E-state index >= 15 is 0 Å². The number of benzene rings is 1. The maximum atomic E-state index is 10.9. The Morgan fingerprint density at radius 3 is 2.77 bits per heavy atom. The van der Waals surface area contributed by atoms with Crippen LogP contribution in [-0.2, 0) is 6.54 Å². The molecule has 22 heavy (non-hydrogen) atoms. The molecule has 0 amide bonds. The summed E-state index contributed by atoms with van der Waals surface area (Å²) in [6.07, 6.45) is 0.228. The zero-order valence-corrected chi connectivity index (χ0v) is 11.8. The monoisotopic (exact) mass is 302 g/mol. The van der Waals surface area contributed by atoms with Crippen molar-refractivity contribution in [1.82, 2.24) is 9.55 Å². The number of imidazole rings is 1. The number of nitrogens with zero attached hydrogens (tertiary/aromatic N) is 4. The molecule has 0 aliphatic carbocycles. The van der Waals surface area contributed by atoms with Crippen LogP contribution in [0.1, 0.15) is 11.4 Å². The molecule has 2 rings (SSSR count). The highest BCUT2D eigenvalue weighted by Crippen LogP contribution is 2.15. The molecule has 0 unspecified atom stereocenters. The van der Waals surface area contributed by atoms with Crippen LogP contribution in [0.4, 0.5) is 5.82 Å². The quantitative estimate of drug-likeness (QED) is 0.637. The summed E-state index contributed by atoms with van der Waals surface area (Å²) in [6, 6.07) is 8.44. The second-order valence-electron chi connectivity index (χ2n) is 4.63. The summed E-state index contributed by atoms with van der Waals surface area (Å²) < 4.78 is 6.72. The first-order valence-electron chi connectivity index (χ1n) is 6.49. The van der Waals surface area contributed by atoms with E-state index in [0.29, 0.717) is 17.1 Å². The zero-order chi connectivity index (χ0) is 16.1. The predicted octanol–water partition coefficient (Wildman–Crippen LogP) is 1.41. The Balaban J connectivity index is 1.95. The van der Waals surface area contributed by atoms with E-state index in [4.69, 9.17) is 10.00 Å². The summed E-state index contributed by atoms with van der Waals surface area (Å²) in [4.78, 5) is 14.2. The van der Waals surface area contributed by atoms with E-state index < -0.39 is 11.0 Å². The normalized spacial score (nSPS) is 11.7. The fraction of sp³-hybridized carbons (Fsp3) is 0.286. The molecule has 8 nitrogen and oxygen atoms in total. The van der Waals surface area contributed by atoms with Gasteiger partial charge in [-0.3, -0.25) is 0 Å². The Labute approximate surface area is 126 Å². The number of rotatable bonds is 6. The van der Waals surface area contributed by atoms with Crippen LogP contribution < -0.4 is 4.74 Å². The number of hydrogen-bond acceptors (Lipinski definition) is 6. The minimum atomic E-state index is -0.928. The third kappa shape index (κ3) is 3.59. The van der Waals surface area contributed by atoms with Crippen molar-refractivity contribution in [2.75, 3.05) is 6.61 Å². The van der Waals surface area contributed by atoms with Crippen molar-refractivity contribution < 1.29 is 14.8 Å². The molecule has 2 aromatic rings. The van der Waals surface area contributed by atoms with Crippen molar-refractivity contribution in [3.8, 4) is 11.8 Å². The van der Waals surface area contributed by atoms with Crippen LogP contribution in [0.25, 0.3) is 0 Å². The number of nitriles is 1. The van der Waals surface area contributed by atoms with Crippen LogP contribution >= 0.6 is 0 Å². The summed E-state index contributed by atoms with van der Waals surface area (Å²) in [5, 5.41) is 29.5. The summed E-state index contributed by atoms with van der Waals surface area (Å²) in [7, 11) is 0. The molecule has 0 saturated heterocycles. The molecule has 114 valence electrons. The average molecular weight is 302 g/mol. The number of aromatic nitrogens is 2. The molecule has 0 saturated carbocycles. The fourth-order valence-electron chi connectivity index (χ4n) is 1.91. The number of ether oxygens (including phenoxy) is 1. The molecular formula is C14H14N4O4. The summed E-state index contributed by atoms with van der Waals surface area (Å²) in [6.45, 7) is 1.61. The van der Waals surface area contributed by atoms with E-state index in [0.717, 1.165) is 6.20 Å². The molecule has 0 aliphatic rings. The molecule has 0 radical (unpaired) electrons. The lowest BCUT2D eigenvalue weighted by Gasteiger charge is -2.12. The van der Waals surface area contributed by atoms with Crippen molar-refractivity contribution in [1.29, 1.82) is 5.26 Å². The van der Waals surface area contributed by atoms with Gasteiger partial charge in [0, 0.05) is 6.92 Å². The van der Waals surface area contributed by atoms with Gasteiger partial charge < -0.3 is 20.0 Å². The van der Waals surface area contributed by atoms with Crippen molar-refractivity contribution in [3.05, 3.63) is 52.0 Å². The Kier molecular flexibility index (Phi) is 4.70. The SMILES string of the molecule is Cc1ncc([N+](=O)[O-])n1C[C@@H](O)COc1ccc(C#N)cc1. The zero-order valence-electron chi connectivity index (χ0n) is 11.8. The van der Waals surface area contributed by atoms with Gasteiger partial charge in [-0.1, -0.05) is 0 Å². The van der Waals surface area contributed by atoms with Crippen LogP contribution in [0.2, 0.25) is 0 Å². The van der Waals surface area contributed by atoms with Crippen LogP contribution in [0.5, 0.6) is 5.75 Å². The highest BCUT2D eigenvalue weighted by atomic mass is 16.6. The molecule has 8 heteroatoms. The fourth-order valence-corrected chi connectivity index (χ4v) is 1.91.